The fraction of sp³-hybridized carbons (Fsp3) is 0.600. The van der Waals surface area contributed by atoms with Gasteiger partial charge in [-0.2, -0.15) is 13.8 Å². The second kappa shape index (κ2) is 7.29. The van der Waals surface area contributed by atoms with Crippen molar-refractivity contribution in [3.05, 3.63) is 23.0 Å². The van der Waals surface area contributed by atoms with Gasteiger partial charge in [-0.05, 0) is 4.92 Å². The Bertz CT molecular complexity index is 118. The molecule has 6 heteroatoms. The van der Waals surface area contributed by atoms with Gasteiger partial charge in [0.2, 0.25) is 0 Å². The number of aliphatic hydroxyl groups is 1. The molecule has 0 aliphatic heterocycles. The zero-order chi connectivity index (χ0) is 7.49. The molecule has 11 heavy (non-hydrogen) atoms. The van der Waals surface area contributed by atoms with E-state index >= 15 is 0 Å². The molecule has 65 valence electrons. The normalized spacial score (nSPS) is 9.36. The van der Waals surface area contributed by atoms with Gasteiger partial charge in [0, 0.05) is 39.6 Å². The molecule has 0 bridgehead atoms. The predicted molar refractivity (Wildman–Crippen MR) is 31.9 cm³/mol. The standard InChI is InChI=1S/C5H9NO3.V.W/c1-3-5(7,4-2)6(8)9;;/h3-4,7H,1-2H3;;/q-2;;. The fourth-order valence-electron chi connectivity index (χ4n) is 0.377. The minimum Gasteiger partial charge on any atom is -0.382 e. The van der Waals surface area contributed by atoms with Gasteiger partial charge in [0.15, 0.2) is 0 Å². The van der Waals surface area contributed by atoms with Crippen LogP contribution in [-0.2, 0) is 39.6 Å². The third kappa shape index (κ3) is 4.97. The summed E-state index contributed by atoms with van der Waals surface area (Å²) in [6.07, 6.45) is 2.24. The summed E-state index contributed by atoms with van der Waals surface area (Å²) in [4.78, 5) is 9.22. The van der Waals surface area contributed by atoms with Gasteiger partial charge in [-0.3, -0.25) is 23.0 Å². The zero-order valence-corrected chi connectivity index (χ0v) is 10.6. The van der Waals surface area contributed by atoms with Crippen LogP contribution in [0.1, 0.15) is 13.8 Å². The van der Waals surface area contributed by atoms with Crippen molar-refractivity contribution in [2.45, 2.75) is 19.6 Å². The van der Waals surface area contributed by atoms with Crippen molar-refractivity contribution in [2.24, 2.45) is 0 Å². The summed E-state index contributed by atoms with van der Waals surface area (Å²) in [6, 6.07) is 0. The number of rotatable bonds is 3. The summed E-state index contributed by atoms with van der Waals surface area (Å²) in [7, 11) is 0. The van der Waals surface area contributed by atoms with Gasteiger partial charge in [-0.15, -0.1) is 0 Å². The Morgan fingerprint density at radius 3 is 1.73 bits per heavy atom. The summed E-state index contributed by atoms with van der Waals surface area (Å²) >= 11 is 0. The average Bonchev–Trinajstić information content (AvgIpc) is 1.86. The summed E-state index contributed by atoms with van der Waals surface area (Å²) in [5, 5.41) is 18.9. The van der Waals surface area contributed by atoms with Gasteiger partial charge in [0.25, 0.3) is 0 Å². The Morgan fingerprint density at radius 2 is 1.73 bits per heavy atom. The van der Waals surface area contributed by atoms with E-state index in [9.17, 15) is 10.1 Å². The van der Waals surface area contributed by atoms with Crippen LogP contribution >= 0.6 is 0 Å². The van der Waals surface area contributed by atoms with Crippen LogP contribution < -0.4 is 0 Å². The molecule has 0 spiro atoms. The first kappa shape index (κ1) is 17.6. The maximum Gasteiger partial charge on any atom is 0.0856 e. The van der Waals surface area contributed by atoms with Gasteiger partial charge >= 0.3 is 0 Å². The van der Waals surface area contributed by atoms with Gasteiger partial charge in [-0.25, -0.2) is 0 Å². The quantitative estimate of drug-likeness (QED) is 0.341. The fourth-order valence-corrected chi connectivity index (χ4v) is 0.377. The molecule has 4 nitrogen and oxygen atoms in total. The van der Waals surface area contributed by atoms with E-state index in [0.717, 1.165) is 12.8 Å². The second-order valence-corrected chi connectivity index (χ2v) is 1.62. The van der Waals surface area contributed by atoms with Crippen molar-refractivity contribution in [1.82, 2.24) is 0 Å². The van der Waals surface area contributed by atoms with Crippen LogP contribution in [0.15, 0.2) is 0 Å². The Morgan fingerprint density at radius 1 is 1.45 bits per heavy atom. The van der Waals surface area contributed by atoms with Crippen LogP contribution in [-0.4, -0.2) is 15.8 Å². The van der Waals surface area contributed by atoms with E-state index < -0.39 is 10.6 Å². The van der Waals surface area contributed by atoms with Crippen LogP contribution in [0.2, 0.25) is 0 Å². The smallest absolute Gasteiger partial charge is 0.0856 e. The number of hydrogen-bond donors (Lipinski definition) is 1. The molecule has 0 aliphatic carbocycles. The van der Waals surface area contributed by atoms with E-state index in [2.05, 4.69) is 0 Å². The number of hydrogen-bond acceptors (Lipinski definition) is 3. The molecule has 0 amide bonds. The molecule has 0 rings (SSSR count). The maximum absolute atomic E-state index is 9.98. The van der Waals surface area contributed by atoms with Crippen LogP contribution in [0.5, 0.6) is 0 Å². The van der Waals surface area contributed by atoms with Crippen molar-refractivity contribution in [1.29, 1.82) is 0 Å². The minimum atomic E-state index is -1.94. The molecule has 0 saturated carbocycles. The van der Waals surface area contributed by atoms with Crippen LogP contribution in [0.25, 0.3) is 0 Å². The van der Waals surface area contributed by atoms with Crippen molar-refractivity contribution >= 4 is 0 Å². The van der Waals surface area contributed by atoms with Gasteiger partial charge in [0.05, 0.1) is 5.72 Å². The molecule has 0 aliphatic rings. The van der Waals surface area contributed by atoms with E-state index in [-0.39, 0.29) is 39.6 Å². The van der Waals surface area contributed by atoms with E-state index in [1.165, 1.54) is 13.8 Å². The Kier molecular flexibility index (Phi) is 11.7. The average molecular weight is 366 g/mol. The van der Waals surface area contributed by atoms with Crippen LogP contribution in [0.4, 0.5) is 0 Å². The summed E-state index contributed by atoms with van der Waals surface area (Å²) in [5.74, 6) is 0. The largest absolute Gasteiger partial charge is 0.382 e. The molecule has 0 atom stereocenters. The van der Waals surface area contributed by atoms with Gasteiger partial charge < -0.3 is 5.11 Å². The van der Waals surface area contributed by atoms with Crippen molar-refractivity contribution < 1.29 is 49.7 Å². The summed E-state index contributed by atoms with van der Waals surface area (Å²) in [5.41, 5.74) is -1.94. The van der Waals surface area contributed by atoms with E-state index in [1.54, 1.807) is 0 Å². The molecule has 0 aromatic heterocycles. The second-order valence-electron chi connectivity index (χ2n) is 1.62. The van der Waals surface area contributed by atoms with Crippen LogP contribution in [0, 0.1) is 23.0 Å². The predicted octanol–water partition coefficient (Wildman–Crippen LogP) is 0.395. The topological polar surface area (TPSA) is 63.4 Å². The van der Waals surface area contributed by atoms with E-state index in [0.29, 0.717) is 0 Å². The zero-order valence-electron chi connectivity index (χ0n) is 6.22. The first-order valence-electron chi connectivity index (χ1n) is 2.54. The monoisotopic (exact) mass is 366 g/mol. The molecule has 0 saturated heterocycles. The third-order valence-electron chi connectivity index (χ3n) is 1.14. The first-order valence-corrected chi connectivity index (χ1v) is 2.54. The van der Waals surface area contributed by atoms with Crippen molar-refractivity contribution in [3.8, 4) is 0 Å². The SMILES string of the molecule is C[CH-]C(O)([CH-]C)[N+](=O)[O-].[V].[W]. The molecule has 0 heterocycles. The third-order valence-corrected chi connectivity index (χ3v) is 1.14. The van der Waals surface area contributed by atoms with Gasteiger partial charge in [-0.1, -0.05) is 0 Å². The molecule has 0 fully saturated rings. The number of nitro groups is 1. The summed E-state index contributed by atoms with van der Waals surface area (Å²) in [6.45, 7) is 2.87. The maximum atomic E-state index is 9.98. The Labute approximate surface area is 92.0 Å². The molecule has 0 unspecified atom stereocenters. The van der Waals surface area contributed by atoms with E-state index in [4.69, 9.17) is 5.11 Å². The molecule has 1 N–H and O–H groups in total. The Balaban J connectivity index is -0.000000320. The molecular weight excluding hydrogens is 357 g/mol. The summed E-state index contributed by atoms with van der Waals surface area (Å²) < 4.78 is 0. The van der Waals surface area contributed by atoms with Crippen LogP contribution in [0.3, 0.4) is 0 Å². The van der Waals surface area contributed by atoms with Crippen molar-refractivity contribution in [2.75, 3.05) is 0 Å². The molecule has 0 aromatic carbocycles. The Hall–Kier alpha value is 0.633. The number of nitrogens with zero attached hydrogens (tertiary/aromatic N) is 1. The molecule has 0 aromatic rings. The molecular formula is C5H9NO3VW-2. The molecule has 1 radical (unpaired) electrons. The minimum absolute atomic E-state index is 0. The van der Waals surface area contributed by atoms with Gasteiger partial charge in [0.1, 0.15) is 0 Å². The van der Waals surface area contributed by atoms with Crippen molar-refractivity contribution in [3.63, 3.8) is 0 Å². The van der Waals surface area contributed by atoms with E-state index in [1.807, 2.05) is 0 Å². The first-order chi connectivity index (χ1) is 4.06.